The minimum absolute atomic E-state index is 0.264. The predicted molar refractivity (Wildman–Crippen MR) is 109 cm³/mol. The maximum atomic E-state index is 12.9. The summed E-state index contributed by atoms with van der Waals surface area (Å²) in [6.45, 7) is 5.97. The monoisotopic (exact) mass is 400 g/mol. The molecular weight excluding hydrogens is 376 g/mol. The van der Waals surface area contributed by atoms with Gasteiger partial charge in [-0.15, -0.1) is 11.3 Å². The summed E-state index contributed by atoms with van der Waals surface area (Å²) < 4.78 is 4.54. The van der Waals surface area contributed by atoms with Gasteiger partial charge in [-0.1, -0.05) is 24.6 Å². The van der Waals surface area contributed by atoms with Gasteiger partial charge in [0.25, 0.3) is 11.8 Å². The fraction of sp³-hybridized carbons (Fsp3) is 0.381. The van der Waals surface area contributed by atoms with Crippen LogP contribution in [0, 0.1) is 19.8 Å². The van der Waals surface area contributed by atoms with Crippen molar-refractivity contribution >= 4 is 34.2 Å². The van der Waals surface area contributed by atoms with Gasteiger partial charge in [-0.25, -0.2) is 4.79 Å². The number of benzene rings is 1. The fourth-order valence-corrected chi connectivity index (χ4v) is 4.84. The maximum absolute atomic E-state index is 12.9. The zero-order valence-corrected chi connectivity index (χ0v) is 17.3. The quantitative estimate of drug-likeness (QED) is 0.807. The van der Waals surface area contributed by atoms with Crippen LogP contribution >= 0.6 is 11.3 Å². The summed E-state index contributed by atoms with van der Waals surface area (Å²) in [5.41, 5.74) is 3.70. The SMILES string of the molecule is COC(=O)NC(=O)c1c(NC(=O)c2cc(C)ccc2C)sc2c1CC[C@H](C)C2. The molecule has 1 aromatic carbocycles. The van der Waals surface area contributed by atoms with Crippen molar-refractivity contribution in [1.29, 1.82) is 0 Å². The number of alkyl carbamates (subject to hydrolysis) is 1. The molecule has 0 bridgehead atoms. The molecule has 28 heavy (non-hydrogen) atoms. The molecule has 1 heterocycles. The summed E-state index contributed by atoms with van der Waals surface area (Å²) in [5, 5.41) is 5.61. The number of hydrogen-bond donors (Lipinski definition) is 2. The summed E-state index contributed by atoms with van der Waals surface area (Å²) in [4.78, 5) is 38.2. The van der Waals surface area contributed by atoms with Gasteiger partial charge in [0.15, 0.2) is 0 Å². The van der Waals surface area contributed by atoms with Crippen LogP contribution in [0.25, 0.3) is 0 Å². The Bertz CT molecular complexity index is 948. The second-order valence-electron chi connectivity index (χ2n) is 7.27. The van der Waals surface area contributed by atoms with E-state index in [1.165, 1.54) is 18.4 Å². The second-order valence-corrected chi connectivity index (χ2v) is 8.38. The number of nitrogens with one attached hydrogen (secondary N) is 2. The first kappa shape index (κ1) is 20.1. The Morgan fingerprint density at radius 1 is 1.18 bits per heavy atom. The lowest BCUT2D eigenvalue weighted by Gasteiger charge is -2.18. The van der Waals surface area contributed by atoms with Gasteiger partial charge in [0.1, 0.15) is 5.00 Å². The summed E-state index contributed by atoms with van der Waals surface area (Å²) in [5.74, 6) is -0.291. The molecule has 3 rings (SSSR count). The Hall–Kier alpha value is -2.67. The Balaban J connectivity index is 1.97. The van der Waals surface area contributed by atoms with Crippen LogP contribution in [0.2, 0.25) is 0 Å². The maximum Gasteiger partial charge on any atom is 0.413 e. The lowest BCUT2D eigenvalue weighted by molar-refractivity contribution is 0.0937. The molecule has 0 saturated heterocycles. The number of ether oxygens (including phenoxy) is 1. The highest BCUT2D eigenvalue weighted by atomic mass is 32.1. The second kappa shape index (κ2) is 8.14. The number of hydrogen-bond acceptors (Lipinski definition) is 5. The summed E-state index contributed by atoms with van der Waals surface area (Å²) in [6.07, 6.45) is 1.75. The number of imide groups is 1. The van der Waals surface area contributed by atoms with Crippen molar-refractivity contribution in [2.75, 3.05) is 12.4 Å². The third kappa shape index (κ3) is 4.09. The largest absolute Gasteiger partial charge is 0.453 e. The minimum atomic E-state index is -0.819. The van der Waals surface area contributed by atoms with E-state index in [0.717, 1.165) is 40.8 Å². The number of aryl methyl sites for hydroxylation is 2. The van der Waals surface area contributed by atoms with Gasteiger partial charge in [0, 0.05) is 10.4 Å². The van der Waals surface area contributed by atoms with Crippen molar-refractivity contribution in [1.82, 2.24) is 5.32 Å². The van der Waals surface area contributed by atoms with Crippen LogP contribution < -0.4 is 10.6 Å². The van der Waals surface area contributed by atoms with E-state index in [4.69, 9.17) is 0 Å². The van der Waals surface area contributed by atoms with Gasteiger partial charge < -0.3 is 10.1 Å². The summed E-state index contributed by atoms with van der Waals surface area (Å²) >= 11 is 1.42. The minimum Gasteiger partial charge on any atom is -0.453 e. The molecule has 0 fully saturated rings. The van der Waals surface area contributed by atoms with Gasteiger partial charge in [0.05, 0.1) is 12.7 Å². The lowest BCUT2D eigenvalue weighted by Crippen LogP contribution is -2.31. The number of thiophene rings is 1. The van der Waals surface area contributed by atoms with Crippen LogP contribution in [0.5, 0.6) is 0 Å². The average Bonchev–Trinajstić information content (AvgIpc) is 3.00. The van der Waals surface area contributed by atoms with E-state index in [2.05, 4.69) is 22.3 Å². The van der Waals surface area contributed by atoms with E-state index in [1.54, 1.807) is 0 Å². The highest BCUT2D eigenvalue weighted by molar-refractivity contribution is 7.17. The molecule has 0 unspecified atom stereocenters. The van der Waals surface area contributed by atoms with Crippen molar-refractivity contribution in [3.05, 3.63) is 50.9 Å². The number of methoxy groups -OCH3 is 1. The Morgan fingerprint density at radius 2 is 1.93 bits per heavy atom. The molecule has 2 N–H and O–H groups in total. The smallest absolute Gasteiger partial charge is 0.413 e. The first-order valence-corrected chi connectivity index (χ1v) is 10.0. The van der Waals surface area contributed by atoms with Gasteiger partial charge in [-0.3, -0.25) is 14.9 Å². The molecule has 2 aromatic rings. The molecule has 0 spiro atoms. The van der Waals surface area contributed by atoms with Crippen LogP contribution in [0.15, 0.2) is 18.2 Å². The van der Waals surface area contributed by atoms with Gasteiger partial charge in [-0.05, 0) is 56.2 Å². The van der Waals surface area contributed by atoms with Crippen LogP contribution in [-0.4, -0.2) is 25.0 Å². The molecule has 0 radical (unpaired) electrons. The van der Waals surface area contributed by atoms with Crippen molar-refractivity contribution < 1.29 is 19.1 Å². The van der Waals surface area contributed by atoms with E-state index in [1.807, 2.05) is 32.0 Å². The third-order valence-corrected chi connectivity index (χ3v) is 6.17. The standard InChI is InChI=1S/C21H24N2O4S/c1-11-5-7-13(3)15(9-11)18(24)22-20-17(19(25)23-21(26)27-4)14-8-6-12(2)10-16(14)28-20/h5,7,9,12H,6,8,10H2,1-4H3,(H,22,24)(H,23,25,26)/t12-/m0/s1. The molecule has 1 atom stereocenters. The van der Waals surface area contributed by atoms with Crippen molar-refractivity contribution in [2.45, 2.75) is 40.0 Å². The number of rotatable bonds is 3. The number of anilines is 1. The molecule has 148 valence electrons. The zero-order valence-electron chi connectivity index (χ0n) is 16.5. The van der Waals surface area contributed by atoms with Crippen molar-refractivity contribution in [3.8, 4) is 0 Å². The molecule has 3 amide bonds. The van der Waals surface area contributed by atoms with Gasteiger partial charge in [-0.2, -0.15) is 0 Å². The van der Waals surface area contributed by atoms with E-state index >= 15 is 0 Å². The highest BCUT2D eigenvalue weighted by Gasteiger charge is 2.29. The number of carbonyl (C=O) groups excluding carboxylic acids is 3. The van der Waals surface area contributed by atoms with Crippen LogP contribution in [-0.2, 0) is 17.6 Å². The topological polar surface area (TPSA) is 84.5 Å². The van der Waals surface area contributed by atoms with Gasteiger partial charge in [0.2, 0.25) is 0 Å². The number of amides is 3. The van der Waals surface area contributed by atoms with Crippen LogP contribution in [0.4, 0.5) is 9.80 Å². The van der Waals surface area contributed by atoms with E-state index < -0.39 is 12.0 Å². The van der Waals surface area contributed by atoms with Crippen molar-refractivity contribution in [3.63, 3.8) is 0 Å². The molecule has 6 nitrogen and oxygen atoms in total. The average molecular weight is 401 g/mol. The molecule has 0 aliphatic heterocycles. The fourth-order valence-electron chi connectivity index (χ4n) is 3.44. The molecule has 1 aliphatic carbocycles. The molecule has 0 saturated carbocycles. The van der Waals surface area contributed by atoms with Crippen LogP contribution in [0.3, 0.4) is 0 Å². The van der Waals surface area contributed by atoms with Gasteiger partial charge >= 0.3 is 6.09 Å². The third-order valence-electron chi connectivity index (χ3n) is 5.00. The molecule has 7 heteroatoms. The lowest BCUT2D eigenvalue weighted by atomic mass is 9.88. The first-order valence-electron chi connectivity index (χ1n) is 9.22. The zero-order chi connectivity index (χ0) is 20.4. The Kier molecular flexibility index (Phi) is 5.84. The summed E-state index contributed by atoms with van der Waals surface area (Å²) in [6, 6.07) is 5.68. The molecule has 1 aromatic heterocycles. The van der Waals surface area contributed by atoms with E-state index in [0.29, 0.717) is 22.0 Å². The Morgan fingerprint density at radius 3 is 2.64 bits per heavy atom. The number of carbonyl (C=O) groups is 3. The molecule has 1 aliphatic rings. The van der Waals surface area contributed by atoms with E-state index in [-0.39, 0.29) is 5.91 Å². The molecular formula is C21H24N2O4S. The van der Waals surface area contributed by atoms with Crippen LogP contribution in [0.1, 0.15) is 55.6 Å². The normalized spacial score (nSPS) is 15.5. The number of fused-ring (bicyclic) bond motifs is 1. The van der Waals surface area contributed by atoms with Crippen molar-refractivity contribution in [2.24, 2.45) is 5.92 Å². The summed E-state index contributed by atoms with van der Waals surface area (Å²) in [7, 11) is 1.20. The first-order chi connectivity index (χ1) is 13.3. The Labute approximate surface area is 168 Å². The predicted octanol–water partition coefficient (Wildman–Crippen LogP) is 4.24. The highest BCUT2D eigenvalue weighted by Crippen LogP contribution is 2.40. The van der Waals surface area contributed by atoms with E-state index in [9.17, 15) is 14.4 Å².